The summed E-state index contributed by atoms with van der Waals surface area (Å²) in [4.78, 5) is 0. The second-order valence-electron chi connectivity index (χ2n) is 8.74. The number of halogens is 6. The summed E-state index contributed by atoms with van der Waals surface area (Å²) >= 11 is 0. The monoisotopic (exact) mass is 510 g/mol. The van der Waals surface area contributed by atoms with E-state index in [0.717, 1.165) is 18.2 Å². The first-order valence-corrected chi connectivity index (χ1v) is 11.6. The summed E-state index contributed by atoms with van der Waals surface area (Å²) in [5.74, 6) is -9.35. The zero-order valence-electron chi connectivity index (χ0n) is 19.4. The van der Waals surface area contributed by atoms with Gasteiger partial charge in [-0.3, -0.25) is 0 Å². The van der Waals surface area contributed by atoms with Gasteiger partial charge in [0.25, 0.3) is 0 Å². The molecule has 4 rings (SSSR count). The van der Waals surface area contributed by atoms with Crippen molar-refractivity contribution in [2.24, 2.45) is 5.92 Å². The molecule has 3 nitrogen and oxygen atoms in total. The highest BCUT2D eigenvalue weighted by Crippen LogP contribution is 2.40. The third-order valence-corrected chi connectivity index (χ3v) is 6.54. The first-order valence-electron chi connectivity index (χ1n) is 11.6. The van der Waals surface area contributed by atoms with Crippen molar-refractivity contribution in [3.63, 3.8) is 0 Å². The molecule has 0 radical (unpaired) electrons. The fourth-order valence-corrected chi connectivity index (χ4v) is 4.58. The van der Waals surface area contributed by atoms with Crippen LogP contribution in [-0.4, -0.2) is 18.3 Å². The summed E-state index contributed by atoms with van der Waals surface area (Å²) in [6, 6.07) is 7.08. The molecule has 1 fully saturated rings. The van der Waals surface area contributed by atoms with Crippen molar-refractivity contribution in [1.82, 2.24) is 0 Å². The maximum Gasteiger partial charge on any atom is 0.204 e. The molecule has 9 heteroatoms. The topological polar surface area (TPSA) is 38.7 Å². The molecule has 1 N–H and O–H groups in total. The van der Waals surface area contributed by atoms with Crippen LogP contribution in [0.5, 0.6) is 17.2 Å². The van der Waals surface area contributed by atoms with Gasteiger partial charge in [0.05, 0.1) is 13.2 Å². The standard InChI is InChI=1S/C27H24F6O3/c1-2-35-20-11-9-18(24(30)26(20)32)17-8-7-16(22(28)23(17)29)15-5-3-14(4-6-15)13-36-21-12-10-19(34)25(31)27(21)33/h7-12,14-15,34H,2-6,13H2,1H3. The van der Waals surface area contributed by atoms with Crippen LogP contribution in [0.4, 0.5) is 26.3 Å². The van der Waals surface area contributed by atoms with Crippen molar-refractivity contribution >= 4 is 0 Å². The maximum absolute atomic E-state index is 15.0. The molecule has 0 atom stereocenters. The second-order valence-corrected chi connectivity index (χ2v) is 8.74. The minimum Gasteiger partial charge on any atom is -0.505 e. The van der Waals surface area contributed by atoms with E-state index in [1.807, 2.05) is 0 Å². The molecule has 1 aliphatic carbocycles. The van der Waals surface area contributed by atoms with E-state index in [1.165, 1.54) is 18.2 Å². The van der Waals surface area contributed by atoms with Gasteiger partial charge < -0.3 is 14.6 Å². The minimum atomic E-state index is -1.38. The van der Waals surface area contributed by atoms with Gasteiger partial charge in [0.15, 0.2) is 34.7 Å². The Labute approximate surface area is 204 Å². The zero-order chi connectivity index (χ0) is 26.0. The lowest BCUT2D eigenvalue weighted by molar-refractivity contribution is 0.191. The number of hydrogen-bond donors (Lipinski definition) is 1. The predicted octanol–water partition coefficient (Wildman–Crippen LogP) is 7.65. The van der Waals surface area contributed by atoms with Crippen molar-refractivity contribution in [3.8, 4) is 28.4 Å². The van der Waals surface area contributed by atoms with Gasteiger partial charge in [0.2, 0.25) is 17.5 Å². The van der Waals surface area contributed by atoms with Gasteiger partial charge in [0, 0.05) is 11.1 Å². The molecule has 3 aromatic rings. The number of phenolic OH excluding ortho intramolecular Hbond substituents is 1. The van der Waals surface area contributed by atoms with Gasteiger partial charge in [-0.2, -0.15) is 13.2 Å². The molecule has 0 heterocycles. The van der Waals surface area contributed by atoms with Crippen LogP contribution < -0.4 is 9.47 Å². The number of benzene rings is 3. The molecule has 3 aromatic carbocycles. The summed E-state index contributed by atoms with van der Waals surface area (Å²) in [6.07, 6.45) is 2.16. The summed E-state index contributed by atoms with van der Waals surface area (Å²) < 4.78 is 96.4. The van der Waals surface area contributed by atoms with E-state index in [2.05, 4.69) is 0 Å². The Morgan fingerprint density at radius 2 is 1.22 bits per heavy atom. The summed E-state index contributed by atoms with van der Waals surface area (Å²) in [7, 11) is 0. The molecule has 1 aliphatic rings. The number of rotatable bonds is 7. The lowest BCUT2D eigenvalue weighted by atomic mass is 9.78. The van der Waals surface area contributed by atoms with Gasteiger partial charge >= 0.3 is 0 Å². The van der Waals surface area contributed by atoms with Gasteiger partial charge in [-0.25, -0.2) is 13.2 Å². The third-order valence-electron chi connectivity index (χ3n) is 6.54. The van der Waals surface area contributed by atoms with Crippen LogP contribution in [0, 0.1) is 40.8 Å². The fourth-order valence-electron chi connectivity index (χ4n) is 4.58. The predicted molar refractivity (Wildman–Crippen MR) is 121 cm³/mol. The molecule has 0 aromatic heterocycles. The molecular formula is C27H24F6O3. The highest BCUT2D eigenvalue weighted by molar-refractivity contribution is 5.66. The average molecular weight is 510 g/mol. The van der Waals surface area contributed by atoms with Crippen molar-refractivity contribution in [2.75, 3.05) is 13.2 Å². The molecule has 36 heavy (non-hydrogen) atoms. The first-order chi connectivity index (χ1) is 17.2. The second kappa shape index (κ2) is 10.7. The van der Waals surface area contributed by atoms with Crippen LogP contribution in [-0.2, 0) is 0 Å². The average Bonchev–Trinajstić information content (AvgIpc) is 2.88. The Bertz CT molecular complexity index is 1250. The normalized spacial score (nSPS) is 17.8. The van der Waals surface area contributed by atoms with E-state index in [-0.39, 0.29) is 47.7 Å². The Morgan fingerprint density at radius 3 is 1.89 bits per heavy atom. The Morgan fingerprint density at radius 1 is 0.667 bits per heavy atom. The van der Waals surface area contributed by atoms with Crippen LogP contribution in [0.25, 0.3) is 11.1 Å². The lowest BCUT2D eigenvalue weighted by Crippen LogP contribution is -2.20. The molecule has 192 valence electrons. The van der Waals surface area contributed by atoms with Gasteiger partial charge in [-0.15, -0.1) is 0 Å². The molecule has 0 bridgehead atoms. The van der Waals surface area contributed by atoms with E-state index in [9.17, 15) is 27.1 Å². The van der Waals surface area contributed by atoms with E-state index < -0.39 is 46.2 Å². The van der Waals surface area contributed by atoms with E-state index >= 15 is 4.39 Å². The van der Waals surface area contributed by atoms with Crippen LogP contribution >= 0.6 is 0 Å². The quantitative estimate of drug-likeness (QED) is 0.332. The number of ether oxygens (including phenoxy) is 2. The smallest absolute Gasteiger partial charge is 0.204 e. The highest BCUT2D eigenvalue weighted by Gasteiger charge is 2.28. The maximum atomic E-state index is 15.0. The SMILES string of the molecule is CCOc1ccc(-c2ccc(C3CCC(COc4ccc(O)c(F)c4F)CC3)c(F)c2F)c(F)c1F. The molecule has 0 amide bonds. The van der Waals surface area contributed by atoms with E-state index in [1.54, 1.807) is 6.92 Å². The Hall–Kier alpha value is -3.36. The van der Waals surface area contributed by atoms with E-state index in [0.29, 0.717) is 25.7 Å². The lowest BCUT2D eigenvalue weighted by Gasteiger charge is -2.29. The number of hydrogen-bond acceptors (Lipinski definition) is 3. The fraction of sp³-hybridized carbons (Fsp3) is 0.333. The third kappa shape index (κ3) is 4.96. The molecule has 0 unspecified atom stereocenters. The molecule has 0 spiro atoms. The van der Waals surface area contributed by atoms with Gasteiger partial charge in [-0.05, 0) is 74.3 Å². The minimum absolute atomic E-state index is 0.00868. The van der Waals surface area contributed by atoms with Crippen LogP contribution in [0.1, 0.15) is 44.1 Å². The number of phenols is 1. The highest BCUT2D eigenvalue weighted by atomic mass is 19.2. The van der Waals surface area contributed by atoms with E-state index in [4.69, 9.17) is 9.47 Å². The first kappa shape index (κ1) is 25.7. The summed E-state index contributed by atoms with van der Waals surface area (Å²) in [5, 5.41) is 9.19. The van der Waals surface area contributed by atoms with Crippen molar-refractivity contribution < 1.29 is 40.9 Å². The van der Waals surface area contributed by atoms with Crippen molar-refractivity contribution in [1.29, 1.82) is 0 Å². The van der Waals surface area contributed by atoms with Gasteiger partial charge in [-0.1, -0.05) is 12.1 Å². The summed E-state index contributed by atoms with van der Waals surface area (Å²) in [6.45, 7) is 1.83. The Kier molecular flexibility index (Phi) is 7.66. The van der Waals surface area contributed by atoms with Crippen LogP contribution in [0.15, 0.2) is 36.4 Å². The number of aromatic hydroxyl groups is 1. The van der Waals surface area contributed by atoms with Crippen molar-refractivity contribution in [2.45, 2.75) is 38.5 Å². The molecule has 0 aliphatic heterocycles. The zero-order valence-corrected chi connectivity index (χ0v) is 19.4. The molecular weight excluding hydrogens is 486 g/mol. The van der Waals surface area contributed by atoms with Crippen molar-refractivity contribution in [3.05, 3.63) is 76.9 Å². The van der Waals surface area contributed by atoms with Crippen LogP contribution in [0.2, 0.25) is 0 Å². The van der Waals surface area contributed by atoms with Crippen LogP contribution in [0.3, 0.4) is 0 Å². The molecule has 1 saturated carbocycles. The Balaban J connectivity index is 1.44. The summed E-state index contributed by atoms with van der Waals surface area (Å²) in [5.41, 5.74) is -0.646. The van der Waals surface area contributed by atoms with Gasteiger partial charge in [0.1, 0.15) is 0 Å². The molecule has 0 saturated heterocycles. The largest absolute Gasteiger partial charge is 0.505 e.